The Labute approximate surface area is 69.6 Å². The van der Waals surface area contributed by atoms with Gasteiger partial charge in [-0.05, 0) is 0 Å². The van der Waals surface area contributed by atoms with Crippen molar-refractivity contribution in [3.63, 3.8) is 0 Å². The van der Waals surface area contributed by atoms with E-state index >= 15 is 0 Å². The third kappa shape index (κ3) is 2.41. The molecule has 0 saturated carbocycles. The molecule has 0 aromatic heterocycles. The summed E-state index contributed by atoms with van der Waals surface area (Å²) in [6.07, 6.45) is 0. The molecule has 3 heteroatoms. The summed E-state index contributed by atoms with van der Waals surface area (Å²) in [6.45, 7) is 0. The van der Waals surface area contributed by atoms with Gasteiger partial charge in [-0.15, -0.1) is 0 Å². The quantitative estimate of drug-likeness (QED) is 0.674. The average Bonchev–Trinajstić information content (AvgIpc) is 1.90. The van der Waals surface area contributed by atoms with Crippen LogP contribution in [-0.2, 0) is 0 Å². The van der Waals surface area contributed by atoms with Crippen molar-refractivity contribution in [3.05, 3.63) is 30.3 Å². The predicted molar refractivity (Wildman–Crippen MR) is 43.5 cm³/mol. The summed E-state index contributed by atoms with van der Waals surface area (Å²) in [5.74, 6) is 0. The molecule has 0 nitrogen and oxygen atoms in total. The van der Waals surface area contributed by atoms with Crippen LogP contribution in [-0.4, -0.2) is 19.4 Å². The number of halogens is 2. The monoisotopic (exact) mass is 356 g/mol. The van der Waals surface area contributed by atoms with Gasteiger partial charge in [0.15, 0.2) is 0 Å². The van der Waals surface area contributed by atoms with E-state index in [-0.39, 0.29) is 0 Å². The minimum absolute atomic E-state index is 1.15. The first-order valence-corrected chi connectivity index (χ1v) is 12.8. The summed E-state index contributed by atoms with van der Waals surface area (Å²) in [7, 11) is 11.5. The molecule has 0 aliphatic rings. The Hall–Kier alpha value is 0.683. The third-order valence-electron chi connectivity index (χ3n) is 0.951. The Bertz CT molecular complexity index is 174. The normalized spacial score (nSPS) is 9.11. The minimum atomic E-state index is -2.14. The molecule has 0 aliphatic heterocycles. The molecule has 0 unspecified atom stereocenters. The number of benzene rings is 1. The van der Waals surface area contributed by atoms with Crippen molar-refractivity contribution in [1.82, 2.24) is 0 Å². The van der Waals surface area contributed by atoms with E-state index < -0.39 is 19.4 Å². The van der Waals surface area contributed by atoms with Gasteiger partial charge in [0.2, 0.25) is 0 Å². The Kier molecular flexibility index (Phi) is 3.25. The maximum absolute atomic E-state index is 5.77. The molecule has 1 aromatic carbocycles. The van der Waals surface area contributed by atoms with Gasteiger partial charge < -0.3 is 0 Å². The molecule has 1 rings (SSSR count). The molecular formula is C6H5BiCl2+2. The van der Waals surface area contributed by atoms with Crippen LogP contribution in [0, 0.1) is 0 Å². The summed E-state index contributed by atoms with van der Waals surface area (Å²) >= 11 is -2.14. The molecule has 0 amide bonds. The molecule has 0 bridgehead atoms. The molecule has 1 aromatic rings. The van der Waals surface area contributed by atoms with Crippen molar-refractivity contribution in [2.75, 3.05) is 0 Å². The second-order valence-electron chi connectivity index (χ2n) is 1.57. The van der Waals surface area contributed by atoms with Crippen LogP contribution in [0.3, 0.4) is 0 Å². The summed E-state index contributed by atoms with van der Waals surface area (Å²) in [5.41, 5.74) is 0. The van der Waals surface area contributed by atoms with Crippen LogP contribution in [0.4, 0.5) is 0 Å². The van der Waals surface area contributed by atoms with Crippen LogP contribution < -0.4 is 3.27 Å². The van der Waals surface area contributed by atoms with Gasteiger partial charge in [0.05, 0.1) is 0 Å². The second kappa shape index (κ2) is 3.76. The summed E-state index contributed by atoms with van der Waals surface area (Å²) in [4.78, 5) is 0. The van der Waals surface area contributed by atoms with E-state index in [0.717, 1.165) is 3.27 Å². The van der Waals surface area contributed by atoms with Gasteiger partial charge in [0.25, 0.3) is 0 Å². The van der Waals surface area contributed by atoms with E-state index in [4.69, 9.17) is 17.0 Å². The zero-order valence-corrected chi connectivity index (χ0v) is 9.58. The summed E-state index contributed by atoms with van der Waals surface area (Å²) in [6, 6.07) is 9.85. The Morgan fingerprint density at radius 2 is 1.56 bits per heavy atom. The fourth-order valence-electron chi connectivity index (χ4n) is 0.541. The van der Waals surface area contributed by atoms with Gasteiger partial charge in [0.1, 0.15) is 0 Å². The average molecular weight is 357 g/mol. The van der Waals surface area contributed by atoms with Crippen molar-refractivity contribution < 1.29 is 0 Å². The zero-order valence-electron chi connectivity index (χ0n) is 4.59. The van der Waals surface area contributed by atoms with Gasteiger partial charge in [-0.2, -0.15) is 0 Å². The van der Waals surface area contributed by atoms with Crippen LogP contribution in [0.2, 0.25) is 0 Å². The van der Waals surface area contributed by atoms with E-state index in [1.54, 1.807) is 0 Å². The fraction of sp³-hybridized carbons (Fsp3) is 0. The molecule has 0 heterocycles. The van der Waals surface area contributed by atoms with Crippen molar-refractivity contribution in [3.8, 4) is 0 Å². The van der Waals surface area contributed by atoms with Gasteiger partial charge >= 0.3 is 70.0 Å². The van der Waals surface area contributed by atoms with Crippen LogP contribution in [0.1, 0.15) is 0 Å². The number of rotatable bonds is 1. The molecule has 0 N–H and O–H groups in total. The summed E-state index contributed by atoms with van der Waals surface area (Å²) < 4.78 is 1.15. The fourth-order valence-corrected chi connectivity index (χ4v) is 4.06. The molecule has 0 spiro atoms. The molecule has 0 atom stereocenters. The number of hydrogen-bond acceptors (Lipinski definition) is 0. The van der Waals surface area contributed by atoms with Crippen LogP contribution in [0.15, 0.2) is 30.3 Å². The van der Waals surface area contributed by atoms with Crippen LogP contribution in [0.25, 0.3) is 0 Å². The molecule has 0 aliphatic carbocycles. The predicted octanol–water partition coefficient (Wildman–Crippen LogP) is 1.86. The van der Waals surface area contributed by atoms with Gasteiger partial charge in [-0.25, -0.2) is 0 Å². The first kappa shape index (κ1) is 7.79. The molecule has 0 radical (unpaired) electrons. The van der Waals surface area contributed by atoms with Crippen molar-refractivity contribution in [1.29, 1.82) is 0 Å². The second-order valence-corrected chi connectivity index (χ2v) is 12.8. The molecule has 9 heavy (non-hydrogen) atoms. The number of hydrogen-bond donors (Lipinski definition) is 0. The van der Waals surface area contributed by atoms with Crippen molar-refractivity contribution >= 4 is 39.7 Å². The molecule has 46 valence electrons. The topological polar surface area (TPSA) is 0 Å². The van der Waals surface area contributed by atoms with Crippen LogP contribution in [0.5, 0.6) is 0 Å². The van der Waals surface area contributed by atoms with E-state index in [0.29, 0.717) is 0 Å². The van der Waals surface area contributed by atoms with Gasteiger partial charge in [0, 0.05) is 0 Å². The third-order valence-corrected chi connectivity index (χ3v) is 7.05. The maximum atomic E-state index is 5.77. The molecule has 0 saturated heterocycles. The van der Waals surface area contributed by atoms with Crippen LogP contribution >= 0.6 is 17.0 Å². The summed E-state index contributed by atoms with van der Waals surface area (Å²) in [5, 5.41) is 0. The zero-order chi connectivity index (χ0) is 6.69. The Morgan fingerprint density at radius 3 is 1.89 bits per heavy atom. The van der Waals surface area contributed by atoms with Gasteiger partial charge in [-0.1, -0.05) is 0 Å². The molecule has 0 fully saturated rings. The standard InChI is InChI=1S/C6H5.Bi.2ClH/c1-2-4-6-5-3-1;;;/h1-5H;;2*1H/q;+4;;/p-2. The van der Waals surface area contributed by atoms with E-state index in [2.05, 4.69) is 0 Å². The first-order chi connectivity index (χ1) is 4.30. The first-order valence-electron chi connectivity index (χ1n) is 2.47. The SMILES string of the molecule is [Cl][Bi+2]([Cl])[c]1ccccc1. The molecular weight excluding hydrogens is 352 g/mol. The van der Waals surface area contributed by atoms with Gasteiger partial charge in [-0.3, -0.25) is 0 Å². The Balaban J connectivity index is 2.85. The Morgan fingerprint density at radius 1 is 1.00 bits per heavy atom. The van der Waals surface area contributed by atoms with E-state index in [1.165, 1.54) is 0 Å². The van der Waals surface area contributed by atoms with Crippen molar-refractivity contribution in [2.24, 2.45) is 0 Å². The van der Waals surface area contributed by atoms with E-state index in [1.807, 2.05) is 30.3 Å². The van der Waals surface area contributed by atoms with E-state index in [9.17, 15) is 0 Å². The van der Waals surface area contributed by atoms with Crippen molar-refractivity contribution in [2.45, 2.75) is 0 Å².